The van der Waals surface area contributed by atoms with Gasteiger partial charge >= 0.3 is 0 Å². The maximum absolute atomic E-state index is 12.4. The zero-order chi connectivity index (χ0) is 21.2. The number of amides is 1. The molecule has 0 aliphatic heterocycles. The molecule has 0 unspecified atom stereocenters. The molecular weight excluding hydrogens is 420 g/mol. The minimum Gasteiger partial charge on any atom is -0.322 e. The summed E-state index contributed by atoms with van der Waals surface area (Å²) in [7, 11) is -3.43. The van der Waals surface area contributed by atoms with Crippen LogP contribution in [0.1, 0.15) is 10.4 Å². The quantitative estimate of drug-likeness (QED) is 0.482. The normalized spacial score (nSPS) is 11.1. The number of sulfone groups is 1. The molecule has 148 valence electrons. The Labute approximate surface area is 170 Å². The molecule has 0 aliphatic carbocycles. The van der Waals surface area contributed by atoms with Crippen molar-refractivity contribution >= 4 is 38.7 Å². The van der Waals surface area contributed by atoms with Gasteiger partial charge in [0, 0.05) is 29.6 Å². The van der Waals surface area contributed by atoms with Gasteiger partial charge in [0.25, 0.3) is 11.6 Å². The summed E-state index contributed by atoms with van der Waals surface area (Å²) in [5.41, 5.74) is 1.28. The van der Waals surface area contributed by atoms with E-state index in [1.54, 1.807) is 24.3 Å². The molecule has 0 fully saturated rings. The Hall–Kier alpha value is -3.37. The molecule has 1 aromatic heterocycles. The van der Waals surface area contributed by atoms with Crippen LogP contribution in [-0.4, -0.2) is 35.7 Å². The topological polar surface area (TPSA) is 132 Å². The second-order valence-electron chi connectivity index (χ2n) is 5.98. The van der Waals surface area contributed by atoms with Crippen molar-refractivity contribution in [1.82, 2.24) is 10.2 Å². The van der Waals surface area contributed by atoms with Gasteiger partial charge in [-0.2, -0.15) is 0 Å². The van der Waals surface area contributed by atoms with Gasteiger partial charge in [0.05, 0.1) is 21.2 Å². The average molecular weight is 433 g/mol. The van der Waals surface area contributed by atoms with Gasteiger partial charge < -0.3 is 5.32 Å². The lowest BCUT2D eigenvalue weighted by Crippen LogP contribution is -2.12. The second-order valence-corrected chi connectivity index (χ2v) is 8.35. The number of nitrogens with zero attached hydrogens (tertiary/aromatic N) is 3. The Morgan fingerprint density at radius 2 is 1.76 bits per heavy atom. The molecule has 1 N–H and O–H groups in total. The monoisotopic (exact) mass is 432 g/mol. The predicted molar refractivity (Wildman–Crippen MR) is 107 cm³/mol. The van der Waals surface area contributed by atoms with E-state index < -0.39 is 20.7 Å². The van der Waals surface area contributed by atoms with Crippen LogP contribution in [0.3, 0.4) is 0 Å². The Bertz CT molecular complexity index is 1200. The summed E-state index contributed by atoms with van der Waals surface area (Å²) in [6.07, 6.45) is 1.04. The fourth-order valence-corrected chi connectivity index (χ4v) is 3.10. The lowest BCUT2D eigenvalue weighted by Gasteiger charge is -2.08. The van der Waals surface area contributed by atoms with Gasteiger partial charge in [-0.3, -0.25) is 14.9 Å². The number of non-ortho nitro benzene ring substituents is 1. The van der Waals surface area contributed by atoms with E-state index in [9.17, 15) is 23.3 Å². The van der Waals surface area contributed by atoms with E-state index >= 15 is 0 Å². The van der Waals surface area contributed by atoms with Crippen LogP contribution < -0.4 is 5.32 Å². The molecule has 9 nitrogen and oxygen atoms in total. The molecule has 1 heterocycles. The smallest absolute Gasteiger partial charge is 0.270 e. The van der Waals surface area contributed by atoms with Crippen LogP contribution in [0.5, 0.6) is 0 Å². The van der Waals surface area contributed by atoms with Gasteiger partial charge in [-0.05, 0) is 30.3 Å². The van der Waals surface area contributed by atoms with Gasteiger partial charge in [0.1, 0.15) is 0 Å². The summed E-state index contributed by atoms with van der Waals surface area (Å²) in [5, 5.41) is 21.0. The molecule has 2 aromatic carbocycles. The average Bonchev–Trinajstić information content (AvgIpc) is 2.68. The van der Waals surface area contributed by atoms with E-state index in [0.29, 0.717) is 16.9 Å². The number of carbonyl (C=O) groups is 1. The maximum atomic E-state index is 12.4. The third-order valence-corrected chi connectivity index (χ3v) is 5.17. The number of aromatic nitrogens is 2. The van der Waals surface area contributed by atoms with E-state index in [2.05, 4.69) is 15.5 Å². The molecular formula is C18H13ClN4O5S. The molecule has 0 saturated heterocycles. The highest BCUT2D eigenvalue weighted by Gasteiger charge is 2.16. The number of halogens is 1. The van der Waals surface area contributed by atoms with E-state index in [1.165, 1.54) is 24.3 Å². The summed E-state index contributed by atoms with van der Waals surface area (Å²) >= 11 is 5.97. The highest BCUT2D eigenvalue weighted by Crippen LogP contribution is 2.24. The second kappa shape index (κ2) is 7.94. The Balaban J connectivity index is 1.78. The minimum atomic E-state index is -3.43. The van der Waals surface area contributed by atoms with Gasteiger partial charge in [-0.15, -0.1) is 10.2 Å². The van der Waals surface area contributed by atoms with Gasteiger partial charge in [0.2, 0.25) is 0 Å². The lowest BCUT2D eigenvalue weighted by atomic mass is 10.1. The molecule has 0 aliphatic rings. The van der Waals surface area contributed by atoms with Crippen LogP contribution >= 0.6 is 11.6 Å². The predicted octanol–water partition coefficient (Wildman–Crippen LogP) is 3.36. The summed E-state index contributed by atoms with van der Waals surface area (Å²) in [5.74, 6) is -0.594. The summed E-state index contributed by atoms with van der Waals surface area (Å²) in [6, 6.07) is 13.0. The summed E-state index contributed by atoms with van der Waals surface area (Å²) < 4.78 is 22.9. The van der Waals surface area contributed by atoms with Crippen molar-refractivity contribution in [1.29, 1.82) is 0 Å². The van der Waals surface area contributed by atoms with Crippen molar-refractivity contribution in [3.63, 3.8) is 0 Å². The van der Waals surface area contributed by atoms with Crippen molar-refractivity contribution in [2.45, 2.75) is 5.03 Å². The van der Waals surface area contributed by atoms with E-state index in [4.69, 9.17) is 11.6 Å². The number of rotatable bonds is 5. The Morgan fingerprint density at radius 3 is 2.31 bits per heavy atom. The highest BCUT2D eigenvalue weighted by molar-refractivity contribution is 7.90. The van der Waals surface area contributed by atoms with Crippen molar-refractivity contribution < 1.29 is 18.1 Å². The van der Waals surface area contributed by atoms with E-state index in [-0.39, 0.29) is 21.3 Å². The van der Waals surface area contributed by atoms with Gasteiger partial charge in [-0.25, -0.2) is 8.42 Å². The summed E-state index contributed by atoms with van der Waals surface area (Å²) in [4.78, 5) is 22.7. The van der Waals surface area contributed by atoms with Crippen molar-refractivity contribution in [3.05, 3.63) is 75.3 Å². The number of nitro groups is 1. The fourth-order valence-electron chi connectivity index (χ4n) is 2.40. The lowest BCUT2D eigenvalue weighted by molar-refractivity contribution is -0.384. The molecule has 3 aromatic rings. The molecule has 29 heavy (non-hydrogen) atoms. The zero-order valence-electron chi connectivity index (χ0n) is 14.9. The molecule has 1 amide bonds. The Kier molecular flexibility index (Phi) is 5.57. The van der Waals surface area contributed by atoms with Gasteiger partial charge in [0.15, 0.2) is 14.9 Å². The molecule has 0 spiro atoms. The highest BCUT2D eigenvalue weighted by atomic mass is 35.5. The largest absolute Gasteiger partial charge is 0.322 e. The number of nitrogens with one attached hydrogen (secondary N) is 1. The van der Waals surface area contributed by atoms with E-state index in [1.807, 2.05) is 0 Å². The molecule has 11 heteroatoms. The number of nitro benzene ring substituents is 1. The van der Waals surface area contributed by atoms with Crippen LogP contribution in [0.2, 0.25) is 5.02 Å². The van der Waals surface area contributed by atoms with Crippen LogP contribution in [0.4, 0.5) is 11.4 Å². The molecule has 0 saturated carbocycles. The first-order chi connectivity index (χ1) is 13.6. The SMILES string of the molecule is CS(=O)(=O)c1ccc(-c2ccc(NC(=O)c3cc([N+](=O)[O-])ccc3Cl)cc2)nn1. The standard InChI is InChI=1S/C18H13ClN4O5S/c1-29(27,28)17-9-8-16(21-22-17)11-2-4-12(5-3-11)20-18(24)14-10-13(23(25)26)6-7-15(14)19/h2-10H,1H3,(H,20,24). The van der Waals surface area contributed by atoms with Crippen molar-refractivity contribution in [2.75, 3.05) is 11.6 Å². The number of hydrogen-bond acceptors (Lipinski definition) is 7. The van der Waals surface area contributed by atoms with Crippen molar-refractivity contribution in [2.24, 2.45) is 0 Å². The maximum Gasteiger partial charge on any atom is 0.270 e. The Morgan fingerprint density at radius 1 is 1.07 bits per heavy atom. The summed E-state index contributed by atoms with van der Waals surface area (Å²) in [6.45, 7) is 0. The van der Waals surface area contributed by atoms with E-state index in [0.717, 1.165) is 12.3 Å². The first-order valence-electron chi connectivity index (χ1n) is 8.04. The number of hydrogen-bond donors (Lipinski definition) is 1. The van der Waals surface area contributed by atoms with Crippen LogP contribution in [0, 0.1) is 10.1 Å². The van der Waals surface area contributed by atoms with Crippen LogP contribution in [-0.2, 0) is 9.84 Å². The van der Waals surface area contributed by atoms with Gasteiger partial charge in [-0.1, -0.05) is 23.7 Å². The number of carbonyl (C=O) groups excluding carboxylic acids is 1. The number of anilines is 1. The van der Waals surface area contributed by atoms with Crippen LogP contribution in [0.15, 0.2) is 59.6 Å². The van der Waals surface area contributed by atoms with Crippen LogP contribution in [0.25, 0.3) is 11.3 Å². The first kappa shape index (κ1) is 20.4. The molecule has 0 bridgehead atoms. The molecule has 3 rings (SSSR count). The third-order valence-electron chi connectivity index (χ3n) is 3.86. The minimum absolute atomic E-state index is 0.0211. The number of benzene rings is 2. The molecule has 0 radical (unpaired) electrons. The fraction of sp³-hybridized carbons (Fsp3) is 0.0556. The first-order valence-corrected chi connectivity index (χ1v) is 10.3. The third kappa shape index (κ3) is 4.73. The molecule has 0 atom stereocenters. The zero-order valence-corrected chi connectivity index (χ0v) is 16.4. The van der Waals surface area contributed by atoms with Crippen molar-refractivity contribution in [3.8, 4) is 11.3 Å².